The van der Waals surface area contributed by atoms with Crippen LogP contribution in [0, 0.1) is 0 Å². The maximum Gasteiger partial charge on any atom is 0.442 e. The zero-order valence-corrected chi connectivity index (χ0v) is 44.3. The van der Waals surface area contributed by atoms with E-state index < -0.39 is 11.8 Å². The van der Waals surface area contributed by atoms with Crippen molar-refractivity contribution in [1.82, 2.24) is 5.32 Å². The molecule has 0 amide bonds. The van der Waals surface area contributed by atoms with Crippen molar-refractivity contribution in [2.75, 3.05) is 13.2 Å². The zero-order valence-electron chi connectivity index (χ0n) is 44.3. The van der Waals surface area contributed by atoms with Gasteiger partial charge < -0.3 is 10.4 Å². The number of hydrogen-bond acceptors (Lipinski definition) is 4. The van der Waals surface area contributed by atoms with Crippen LogP contribution in [0.2, 0.25) is 0 Å². The number of halogens is 3. The number of aliphatic hydroxyl groups excluding tert-OH is 1. The predicted octanol–water partition coefficient (Wildman–Crippen LogP) is 19.2. The van der Waals surface area contributed by atoms with Gasteiger partial charge in [-0.25, -0.2) is 0 Å². The molecule has 1 heterocycles. The Balaban J connectivity index is 1.52. The average Bonchev–Trinajstić information content (AvgIpc) is 4.10. The minimum absolute atomic E-state index is 0.0737. The van der Waals surface area contributed by atoms with Crippen LogP contribution in [0.15, 0.2) is 151 Å². The highest BCUT2D eigenvalue weighted by atomic mass is 19.4. The first-order valence-corrected chi connectivity index (χ1v) is 25.9. The van der Waals surface area contributed by atoms with Crippen molar-refractivity contribution < 1.29 is 18.3 Å². The quantitative estimate of drug-likeness (QED) is 0.0526. The van der Waals surface area contributed by atoms with Gasteiger partial charge in [0.05, 0.1) is 6.61 Å². The van der Waals surface area contributed by atoms with Gasteiger partial charge in [0.2, 0.25) is 0 Å². The van der Waals surface area contributed by atoms with Gasteiger partial charge in [-0.15, -0.1) is 10.2 Å². The fourth-order valence-electron chi connectivity index (χ4n) is 8.12. The van der Waals surface area contributed by atoms with Crippen molar-refractivity contribution in [2.24, 2.45) is 10.2 Å². The van der Waals surface area contributed by atoms with E-state index in [1.807, 2.05) is 6.08 Å². The normalized spacial score (nSPS) is 16.1. The van der Waals surface area contributed by atoms with E-state index in [4.69, 9.17) is 5.11 Å². The third kappa shape index (κ3) is 27.8. The molecular formula is C61H92F3N3O. The van der Waals surface area contributed by atoms with Crippen LogP contribution in [0.5, 0.6) is 0 Å². The molecule has 0 fully saturated rings. The number of allylic oxidation sites excluding steroid dienone is 19. The minimum Gasteiger partial charge on any atom is -0.392 e. The molecule has 0 unspecified atom stereocenters. The summed E-state index contributed by atoms with van der Waals surface area (Å²) in [5.74, 6) is 0. The van der Waals surface area contributed by atoms with Crippen molar-refractivity contribution in [3.05, 3.63) is 152 Å². The fourth-order valence-corrected chi connectivity index (χ4v) is 8.12. The Morgan fingerprint density at radius 1 is 0.441 bits per heavy atom. The second-order valence-corrected chi connectivity index (χ2v) is 19.9. The molecule has 378 valence electrons. The van der Waals surface area contributed by atoms with Gasteiger partial charge in [0.1, 0.15) is 0 Å². The van der Waals surface area contributed by atoms with Gasteiger partial charge in [-0.1, -0.05) is 141 Å². The highest BCUT2D eigenvalue weighted by molar-refractivity contribution is 5.32. The van der Waals surface area contributed by atoms with Gasteiger partial charge in [0.25, 0.3) is 0 Å². The molecule has 0 aliphatic carbocycles. The van der Waals surface area contributed by atoms with Crippen molar-refractivity contribution in [3.63, 3.8) is 0 Å². The molecule has 7 heteroatoms. The maximum atomic E-state index is 13.2. The van der Waals surface area contributed by atoms with E-state index in [0.29, 0.717) is 6.54 Å². The van der Waals surface area contributed by atoms with Gasteiger partial charge in [0, 0.05) is 12.1 Å². The molecule has 1 aromatic carbocycles. The summed E-state index contributed by atoms with van der Waals surface area (Å²) in [4.78, 5) is 0. The third-order valence-electron chi connectivity index (χ3n) is 13.0. The van der Waals surface area contributed by atoms with Crippen LogP contribution in [0.25, 0.3) is 0 Å². The van der Waals surface area contributed by atoms with Crippen LogP contribution in [0.4, 0.5) is 13.2 Å². The van der Waals surface area contributed by atoms with E-state index in [2.05, 4.69) is 139 Å². The Labute approximate surface area is 413 Å². The van der Waals surface area contributed by atoms with E-state index in [-0.39, 0.29) is 12.2 Å². The SMILES string of the molecule is C/C(=C/CO)CC/C=C(/C)CC/C=C(/C)CC/C=C(/C)CC/C=C(/C)CC/C=C(/C)CC/C=C(/C)CC/C=C(\C)CC/C=C(\C)CC/C=C(\C)CCCNCc1ccc(C2(C(F)(F)F)N=N2)cc1. The number of rotatable bonds is 35. The van der Waals surface area contributed by atoms with Crippen LogP contribution in [0.3, 0.4) is 0 Å². The van der Waals surface area contributed by atoms with Gasteiger partial charge in [-0.05, 0) is 210 Å². The van der Waals surface area contributed by atoms with Crippen LogP contribution in [-0.4, -0.2) is 24.4 Å². The zero-order chi connectivity index (χ0) is 50.2. The van der Waals surface area contributed by atoms with Gasteiger partial charge in [-0.2, -0.15) is 13.2 Å². The maximum absolute atomic E-state index is 13.2. The summed E-state index contributed by atoms with van der Waals surface area (Å²) in [7, 11) is 0. The number of aliphatic hydroxyl groups is 1. The Morgan fingerprint density at radius 2 is 0.706 bits per heavy atom. The van der Waals surface area contributed by atoms with E-state index in [1.165, 1.54) is 67.9 Å². The van der Waals surface area contributed by atoms with Crippen LogP contribution < -0.4 is 5.32 Å². The molecule has 1 aromatic rings. The van der Waals surface area contributed by atoms with Crippen LogP contribution in [0.1, 0.15) is 209 Å². The highest BCUT2D eigenvalue weighted by Gasteiger charge is 2.65. The Morgan fingerprint density at radius 3 is 0.956 bits per heavy atom. The largest absolute Gasteiger partial charge is 0.442 e. The van der Waals surface area contributed by atoms with E-state index in [0.717, 1.165) is 141 Å². The first-order chi connectivity index (χ1) is 32.4. The lowest BCUT2D eigenvalue weighted by molar-refractivity contribution is -0.166. The number of nitrogens with zero attached hydrogens (tertiary/aromatic N) is 2. The van der Waals surface area contributed by atoms with E-state index in [9.17, 15) is 13.2 Å². The number of benzene rings is 1. The summed E-state index contributed by atoms with van der Waals surface area (Å²) in [6, 6.07) is 6.39. The molecule has 0 saturated carbocycles. The molecule has 68 heavy (non-hydrogen) atoms. The lowest BCUT2D eigenvalue weighted by Crippen LogP contribution is -2.30. The Hall–Kier alpha value is -4.07. The number of alkyl halides is 3. The van der Waals surface area contributed by atoms with Gasteiger partial charge in [-0.3, -0.25) is 0 Å². The molecule has 0 saturated heterocycles. The van der Waals surface area contributed by atoms with Crippen molar-refractivity contribution in [3.8, 4) is 0 Å². The molecule has 1 aliphatic rings. The summed E-state index contributed by atoms with van der Waals surface area (Å²) in [5, 5.41) is 19.0. The first kappa shape index (κ1) is 60.1. The van der Waals surface area contributed by atoms with Crippen molar-refractivity contribution >= 4 is 0 Å². The highest BCUT2D eigenvalue weighted by Crippen LogP contribution is 2.52. The molecule has 0 spiro atoms. The topological polar surface area (TPSA) is 57.0 Å². The average molecular weight is 940 g/mol. The summed E-state index contributed by atoms with van der Waals surface area (Å²) in [5.41, 5.74) is 13.2. The summed E-state index contributed by atoms with van der Waals surface area (Å²) in [6.45, 7) is 24.1. The molecule has 0 bridgehead atoms. The molecule has 4 nitrogen and oxygen atoms in total. The smallest absolute Gasteiger partial charge is 0.392 e. The van der Waals surface area contributed by atoms with E-state index >= 15 is 0 Å². The minimum atomic E-state index is -4.49. The molecule has 1 aliphatic heterocycles. The Kier molecular flexibility index (Phi) is 30.3. The lowest BCUT2D eigenvalue weighted by Gasteiger charge is -2.15. The predicted molar refractivity (Wildman–Crippen MR) is 288 cm³/mol. The first-order valence-electron chi connectivity index (χ1n) is 25.9. The molecule has 2 N–H and O–H groups in total. The summed E-state index contributed by atoms with van der Waals surface area (Å²) < 4.78 is 39.6. The Bertz CT molecular complexity index is 1970. The van der Waals surface area contributed by atoms with Gasteiger partial charge >= 0.3 is 11.8 Å². The molecular weight excluding hydrogens is 848 g/mol. The number of nitrogens with one attached hydrogen (secondary N) is 1. The summed E-state index contributed by atoms with van der Waals surface area (Å²) in [6.07, 6.45) is 41.2. The number of hydrogen-bond donors (Lipinski definition) is 2. The monoisotopic (exact) mass is 940 g/mol. The fraction of sp³-hybridized carbons (Fsp3) is 0.574. The van der Waals surface area contributed by atoms with Crippen LogP contribution >= 0.6 is 0 Å². The lowest BCUT2D eigenvalue weighted by atomic mass is 10.0. The van der Waals surface area contributed by atoms with E-state index in [1.54, 1.807) is 12.1 Å². The van der Waals surface area contributed by atoms with Crippen molar-refractivity contribution in [1.29, 1.82) is 0 Å². The van der Waals surface area contributed by atoms with Gasteiger partial charge in [0.15, 0.2) is 0 Å². The third-order valence-corrected chi connectivity index (χ3v) is 13.0. The molecule has 0 aromatic heterocycles. The van der Waals surface area contributed by atoms with Crippen LogP contribution in [-0.2, 0) is 12.2 Å². The second kappa shape index (κ2) is 34.3. The molecule has 0 radical (unpaired) electrons. The standard InChI is InChI=1S/C61H92F3N3O/c1-48(21-11-22-49(2)24-13-26-51(4)28-15-30-53(6)32-17-34-55(8)36-19-38-57(10)44-46-68)23-12-25-50(3)27-14-29-52(5)31-16-33-54(7)35-18-37-56(9)39-20-45-65-47-58-40-42-59(43-41-58)60(66-67-60)61(62,63)64/h21,24-25,28-29,32-33,36-37,40-44,65,68H,11-20,22-23,26-27,30-31,34-35,38-39,45-47H2,1-10H3/b48-21-,49-24-,50-25-,51-28-,52-29+,53-32-,54-33+,55-36-,56-37+,57-44-. The molecule has 0 atom stereocenters. The van der Waals surface area contributed by atoms with Crippen molar-refractivity contribution in [2.45, 2.75) is 216 Å². The summed E-state index contributed by atoms with van der Waals surface area (Å²) >= 11 is 0. The molecule has 2 rings (SSSR count). The second-order valence-electron chi connectivity index (χ2n) is 19.9.